The summed E-state index contributed by atoms with van der Waals surface area (Å²) in [6, 6.07) is 7.08. The van der Waals surface area contributed by atoms with Crippen molar-refractivity contribution in [3.05, 3.63) is 40.6 Å². The number of methoxy groups -OCH3 is 1. The van der Waals surface area contributed by atoms with Crippen LogP contribution < -0.4 is 21.1 Å². The lowest BCUT2D eigenvalue weighted by Gasteiger charge is -2.36. The maximum atomic E-state index is 9.44. The molecule has 1 aromatic carbocycles. The van der Waals surface area contributed by atoms with E-state index >= 15 is 0 Å². The van der Waals surface area contributed by atoms with E-state index in [0.29, 0.717) is 18.9 Å². The molecule has 1 aliphatic heterocycles. The number of aryl methyl sites for hydroxylation is 1. The molecule has 1 saturated heterocycles. The van der Waals surface area contributed by atoms with E-state index < -0.39 is 0 Å². The van der Waals surface area contributed by atoms with Crippen LogP contribution in [0.3, 0.4) is 0 Å². The summed E-state index contributed by atoms with van der Waals surface area (Å²) in [7, 11) is 3.84. The summed E-state index contributed by atoms with van der Waals surface area (Å²) in [5.41, 5.74) is 10.1. The summed E-state index contributed by atoms with van der Waals surface area (Å²) in [5, 5.41) is 16.5. The number of likely N-dealkylation sites (tertiary alicyclic amines) is 1. The Morgan fingerprint density at radius 1 is 1.28 bits per heavy atom. The molecule has 8 heteroatoms. The Bertz CT molecular complexity index is 879. The molecule has 1 atom stereocenters. The van der Waals surface area contributed by atoms with Crippen molar-refractivity contribution in [3.63, 3.8) is 0 Å². The van der Waals surface area contributed by atoms with Gasteiger partial charge in [-0.3, -0.25) is 0 Å². The van der Waals surface area contributed by atoms with E-state index in [0.717, 1.165) is 60.9 Å². The lowest BCUT2D eigenvalue weighted by molar-refractivity contribution is 0.161. The third-order valence-electron chi connectivity index (χ3n) is 6.06. The number of nitrogens with one attached hydrogen (secondary N) is 2. The van der Waals surface area contributed by atoms with Crippen molar-refractivity contribution < 1.29 is 9.84 Å². The zero-order valence-corrected chi connectivity index (χ0v) is 19.8. The van der Waals surface area contributed by atoms with Gasteiger partial charge in [0.25, 0.3) is 0 Å². The summed E-state index contributed by atoms with van der Waals surface area (Å²) in [6.45, 7) is 7.24. The summed E-state index contributed by atoms with van der Waals surface area (Å²) in [5.74, 6) is 1.85. The molecule has 0 saturated carbocycles. The topological polar surface area (TPSA) is 109 Å². The summed E-state index contributed by atoms with van der Waals surface area (Å²) in [6.07, 6.45) is 3.27. The number of ether oxygens (including phenoxy) is 1. The molecule has 0 amide bonds. The number of aliphatic hydroxyl groups excluding tert-OH is 1. The van der Waals surface area contributed by atoms with Crippen LogP contribution in [0.25, 0.3) is 0 Å². The molecule has 0 spiro atoms. The predicted molar refractivity (Wildman–Crippen MR) is 129 cm³/mol. The van der Waals surface area contributed by atoms with Gasteiger partial charge in [0.15, 0.2) is 0 Å². The number of likely N-dealkylation sites (N-methyl/N-ethyl adjacent to an activating group) is 1. The lowest BCUT2D eigenvalue weighted by Crippen LogP contribution is -2.55. The number of nitrogens with two attached hydrogens (primary N) is 1. The van der Waals surface area contributed by atoms with Crippen molar-refractivity contribution in [3.8, 4) is 5.75 Å². The number of aliphatic hydroxyl groups is 1. The van der Waals surface area contributed by atoms with Crippen LogP contribution in [-0.2, 0) is 13.0 Å². The highest BCUT2D eigenvalue weighted by molar-refractivity contribution is 5.53. The number of aromatic nitrogens is 2. The van der Waals surface area contributed by atoms with Gasteiger partial charge in [-0.15, -0.1) is 0 Å². The lowest BCUT2D eigenvalue weighted by atomic mass is 10.0. The fourth-order valence-corrected chi connectivity index (χ4v) is 4.26. The first-order valence-corrected chi connectivity index (χ1v) is 11.5. The van der Waals surface area contributed by atoms with E-state index in [9.17, 15) is 5.11 Å². The zero-order valence-electron chi connectivity index (χ0n) is 19.8. The molecule has 2 heterocycles. The largest absolute Gasteiger partial charge is 0.496 e. The van der Waals surface area contributed by atoms with Gasteiger partial charge in [0.05, 0.1) is 7.11 Å². The second kappa shape index (κ2) is 11.4. The quantitative estimate of drug-likeness (QED) is 0.397. The molecular formula is C24H38N6O2. The van der Waals surface area contributed by atoms with E-state index in [2.05, 4.69) is 57.7 Å². The maximum Gasteiger partial charge on any atom is 0.222 e. The van der Waals surface area contributed by atoms with Crippen LogP contribution in [-0.4, -0.2) is 65.9 Å². The van der Waals surface area contributed by atoms with Crippen LogP contribution in [0.1, 0.15) is 48.6 Å². The molecule has 1 fully saturated rings. The van der Waals surface area contributed by atoms with E-state index in [1.54, 1.807) is 7.11 Å². The van der Waals surface area contributed by atoms with Gasteiger partial charge < -0.3 is 31.1 Å². The maximum absolute atomic E-state index is 9.44. The molecule has 1 unspecified atom stereocenters. The molecule has 5 N–H and O–H groups in total. The summed E-state index contributed by atoms with van der Waals surface area (Å²) < 4.78 is 5.73. The Balaban J connectivity index is 1.79. The van der Waals surface area contributed by atoms with Crippen molar-refractivity contribution in [2.75, 3.05) is 44.9 Å². The van der Waals surface area contributed by atoms with Crippen molar-refractivity contribution in [2.24, 2.45) is 0 Å². The van der Waals surface area contributed by atoms with Gasteiger partial charge in [-0.1, -0.05) is 25.5 Å². The van der Waals surface area contributed by atoms with Crippen molar-refractivity contribution in [2.45, 2.75) is 58.2 Å². The smallest absolute Gasteiger partial charge is 0.222 e. The number of nitrogen functional groups attached to an aromatic ring is 1. The first kappa shape index (κ1) is 24.2. The number of hydrogen-bond acceptors (Lipinski definition) is 8. The van der Waals surface area contributed by atoms with Crippen molar-refractivity contribution in [1.29, 1.82) is 0 Å². The fraction of sp³-hybridized carbons (Fsp3) is 0.583. The molecule has 8 nitrogen and oxygen atoms in total. The summed E-state index contributed by atoms with van der Waals surface area (Å²) >= 11 is 0. The molecular weight excluding hydrogens is 404 g/mol. The average Bonchev–Trinajstić information content (AvgIpc) is 2.73. The standard InChI is InChI=1S/C24H38N6O2/c1-5-6-19(9-10-31)28-23-21(16(2)27-24(25)29-23)12-18-8-7-17(11-22(18)32-4)13-26-20-14-30(3)15-20/h7-8,11,19-20,26,31H,5-6,9-10,12-15H2,1-4H3,(H3,25,27,28,29). The molecule has 0 aliphatic carbocycles. The highest BCUT2D eigenvalue weighted by Gasteiger charge is 2.22. The van der Waals surface area contributed by atoms with E-state index in [1.165, 1.54) is 5.56 Å². The van der Waals surface area contributed by atoms with Crippen LogP contribution in [0.15, 0.2) is 18.2 Å². The molecule has 0 bridgehead atoms. The van der Waals surface area contributed by atoms with E-state index in [1.807, 2.05) is 6.92 Å². The molecule has 1 aromatic heterocycles. The monoisotopic (exact) mass is 442 g/mol. The van der Waals surface area contributed by atoms with Crippen LogP contribution in [0.2, 0.25) is 0 Å². The number of benzene rings is 1. The SMILES string of the molecule is CCCC(CCO)Nc1nc(N)nc(C)c1Cc1ccc(CNC2CN(C)C2)cc1OC. The van der Waals surface area contributed by atoms with Gasteiger partial charge in [-0.05, 0) is 44.0 Å². The summed E-state index contributed by atoms with van der Waals surface area (Å²) in [4.78, 5) is 11.2. The van der Waals surface area contributed by atoms with Crippen LogP contribution in [0.4, 0.5) is 11.8 Å². The predicted octanol–water partition coefficient (Wildman–Crippen LogP) is 2.33. The Morgan fingerprint density at radius 3 is 2.72 bits per heavy atom. The Labute approximate surface area is 191 Å². The first-order valence-electron chi connectivity index (χ1n) is 11.5. The third-order valence-corrected chi connectivity index (χ3v) is 6.06. The molecule has 32 heavy (non-hydrogen) atoms. The Kier molecular flexibility index (Phi) is 8.67. The van der Waals surface area contributed by atoms with Crippen molar-refractivity contribution in [1.82, 2.24) is 20.2 Å². The number of anilines is 2. The van der Waals surface area contributed by atoms with Crippen LogP contribution in [0.5, 0.6) is 5.75 Å². The van der Waals surface area contributed by atoms with Crippen LogP contribution in [0, 0.1) is 6.92 Å². The number of nitrogens with zero attached hydrogens (tertiary/aromatic N) is 3. The normalized spacial score (nSPS) is 15.4. The molecule has 3 rings (SSSR count). The van der Waals surface area contributed by atoms with E-state index in [4.69, 9.17) is 10.5 Å². The highest BCUT2D eigenvalue weighted by Crippen LogP contribution is 2.28. The highest BCUT2D eigenvalue weighted by atomic mass is 16.5. The van der Waals surface area contributed by atoms with Gasteiger partial charge in [-0.25, -0.2) is 4.98 Å². The second-order valence-corrected chi connectivity index (χ2v) is 8.76. The Hall–Kier alpha value is -2.42. The molecule has 0 radical (unpaired) electrons. The minimum Gasteiger partial charge on any atom is -0.496 e. The van der Waals surface area contributed by atoms with Gasteiger partial charge >= 0.3 is 0 Å². The van der Waals surface area contributed by atoms with Gasteiger partial charge in [-0.2, -0.15) is 4.98 Å². The van der Waals surface area contributed by atoms with Crippen molar-refractivity contribution >= 4 is 11.8 Å². The molecule has 176 valence electrons. The van der Waals surface area contributed by atoms with Gasteiger partial charge in [0.2, 0.25) is 5.95 Å². The van der Waals surface area contributed by atoms with Gasteiger partial charge in [0.1, 0.15) is 11.6 Å². The van der Waals surface area contributed by atoms with Gasteiger partial charge in [0, 0.05) is 56.0 Å². The second-order valence-electron chi connectivity index (χ2n) is 8.76. The fourth-order valence-electron chi connectivity index (χ4n) is 4.26. The number of rotatable bonds is 12. The Morgan fingerprint density at radius 2 is 2.06 bits per heavy atom. The zero-order chi connectivity index (χ0) is 23.1. The minimum atomic E-state index is 0.132. The van der Waals surface area contributed by atoms with E-state index in [-0.39, 0.29) is 18.6 Å². The third kappa shape index (κ3) is 6.31. The van der Waals surface area contributed by atoms with Crippen LogP contribution >= 0.6 is 0 Å². The average molecular weight is 443 g/mol. The minimum absolute atomic E-state index is 0.132. The molecule has 1 aliphatic rings. The molecule has 2 aromatic rings. The number of hydrogen-bond donors (Lipinski definition) is 4. The first-order chi connectivity index (χ1) is 15.4.